The molecule has 1 atom stereocenters. The average molecular weight is 418 g/mol. The van der Waals surface area contributed by atoms with E-state index in [1.807, 2.05) is 38.1 Å². The van der Waals surface area contributed by atoms with Crippen LogP contribution in [0.2, 0.25) is 0 Å². The summed E-state index contributed by atoms with van der Waals surface area (Å²) in [6.45, 7) is 6.09. The van der Waals surface area contributed by atoms with Crippen LogP contribution in [0.3, 0.4) is 0 Å². The molecule has 3 rings (SSSR count). The van der Waals surface area contributed by atoms with E-state index in [0.717, 1.165) is 22.4 Å². The molecule has 0 saturated carbocycles. The zero-order valence-corrected chi connectivity index (χ0v) is 18.0. The number of aryl methyl sites for hydroxylation is 1. The summed E-state index contributed by atoms with van der Waals surface area (Å²) in [7, 11) is 0. The van der Waals surface area contributed by atoms with Gasteiger partial charge in [-0.1, -0.05) is 48.9 Å². The first-order chi connectivity index (χ1) is 14.8. The molecule has 0 radical (unpaired) electrons. The summed E-state index contributed by atoms with van der Waals surface area (Å²) in [6, 6.07) is 15.9. The highest BCUT2D eigenvalue weighted by Crippen LogP contribution is 2.29. The number of hydrogen-bond donors (Lipinski definition) is 1. The van der Waals surface area contributed by atoms with Gasteiger partial charge in [-0.05, 0) is 43.5 Å². The van der Waals surface area contributed by atoms with E-state index in [-0.39, 0.29) is 12.5 Å². The van der Waals surface area contributed by atoms with Crippen LogP contribution in [0.15, 0.2) is 48.5 Å². The number of imide groups is 1. The van der Waals surface area contributed by atoms with Crippen molar-refractivity contribution >= 4 is 17.8 Å². The SMILES string of the molecule is CCCN(Cc1ccc(C#N)cc1)C(=O)CN1C(=O)NC(C)(c2ccc(C)cc2)C1=O. The Labute approximate surface area is 182 Å². The molecular weight excluding hydrogens is 392 g/mol. The minimum Gasteiger partial charge on any atom is -0.337 e. The maximum atomic E-state index is 13.1. The fourth-order valence-electron chi connectivity index (χ4n) is 3.63. The minimum atomic E-state index is -1.20. The molecule has 1 fully saturated rings. The van der Waals surface area contributed by atoms with Gasteiger partial charge in [0.2, 0.25) is 5.91 Å². The van der Waals surface area contributed by atoms with Crippen molar-refractivity contribution in [1.29, 1.82) is 5.26 Å². The predicted octanol–water partition coefficient (Wildman–Crippen LogP) is 3.07. The van der Waals surface area contributed by atoms with Gasteiger partial charge >= 0.3 is 6.03 Å². The molecule has 160 valence electrons. The van der Waals surface area contributed by atoms with Gasteiger partial charge < -0.3 is 10.2 Å². The average Bonchev–Trinajstić information content (AvgIpc) is 2.98. The van der Waals surface area contributed by atoms with Gasteiger partial charge in [-0.2, -0.15) is 5.26 Å². The lowest BCUT2D eigenvalue weighted by Gasteiger charge is -2.25. The highest BCUT2D eigenvalue weighted by molar-refractivity contribution is 6.09. The van der Waals surface area contributed by atoms with Crippen LogP contribution in [0.5, 0.6) is 0 Å². The highest BCUT2D eigenvalue weighted by Gasteiger charge is 2.49. The number of hydrogen-bond acceptors (Lipinski definition) is 4. The van der Waals surface area contributed by atoms with Gasteiger partial charge in [-0.3, -0.25) is 14.5 Å². The van der Waals surface area contributed by atoms with Crippen molar-refractivity contribution in [1.82, 2.24) is 15.1 Å². The summed E-state index contributed by atoms with van der Waals surface area (Å²) in [5.41, 5.74) is 1.95. The molecule has 4 amide bonds. The fourth-order valence-corrected chi connectivity index (χ4v) is 3.63. The Morgan fingerprint density at radius 1 is 1.13 bits per heavy atom. The van der Waals surface area contributed by atoms with Gasteiger partial charge in [0.1, 0.15) is 12.1 Å². The first-order valence-corrected chi connectivity index (χ1v) is 10.3. The third kappa shape index (κ3) is 4.58. The number of rotatable bonds is 7. The van der Waals surface area contributed by atoms with Gasteiger partial charge in [0.05, 0.1) is 11.6 Å². The topological polar surface area (TPSA) is 93.5 Å². The molecular formula is C24H26N4O3. The zero-order chi connectivity index (χ0) is 22.6. The zero-order valence-electron chi connectivity index (χ0n) is 18.0. The standard InChI is InChI=1S/C24H26N4O3/c1-4-13-27(15-19-9-7-18(14-25)8-10-19)21(29)16-28-22(30)24(3,26-23(28)31)20-11-5-17(2)6-12-20/h5-12H,4,13,15-16H2,1-3H3,(H,26,31). The van der Waals surface area contributed by atoms with E-state index < -0.39 is 17.5 Å². The van der Waals surface area contributed by atoms with Crippen LogP contribution in [-0.2, 0) is 21.7 Å². The Morgan fingerprint density at radius 2 is 1.77 bits per heavy atom. The molecule has 31 heavy (non-hydrogen) atoms. The van der Waals surface area contributed by atoms with Crippen molar-refractivity contribution in [2.45, 2.75) is 39.3 Å². The van der Waals surface area contributed by atoms with Crippen LogP contribution in [0.25, 0.3) is 0 Å². The molecule has 0 spiro atoms. The summed E-state index contributed by atoms with van der Waals surface area (Å²) in [5.74, 6) is -0.743. The van der Waals surface area contributed by atoms with Crippen molar-refractivity contribution in [3.8, 4) is 6.07 Å². The first kappa shape index (κ1) is 22.0. The Kier molecular flexibility index (Phi) is 6.40. The Bertz CT molecular complexity index is 1020. The van der Waals surface area contributed by atoms with Gasteiger partial charge in [-0.15, -0.1) is 0 Å². The van der Waals surface area contributed by atoms with Crippen LogP contribution in [0.4, 0.5) is 4.79 Å². The molecule has 0 bridgehead atoms. The molecule has 1 aliphatic heterocycles. The lowest BCUT2D eigenvalue weighted by molar-refractivity contribution is -0.139. The van der Waals surface area contributed by atoms with E-state index >= 15 is 0 Å². The molecule has 7 nitrogen and oxygen atoms in total. The maximum Gasteiger partial charge on any atom is 0.325 e. The van der Waals surface area contributed by atoms with E-state index in [1.165, 1.54) is 0 Å². The summed E-state index contributed by atoms with van der Waals surface area (Å²) in [6.07, 6.45) is 0.739. The van der Waals surface area contributed by atoms with Crippen molar-refractivity contribution in [2.24, 2.45) is 0 Å². The normalized spacial score (nSPS) is 17.9. The van der Waals surface area contributed by atoms with Gasteiger partial charge in [0, 0.05) is 13.1 Å². The second-order valence-electron chi connectivity index (χ2n) is 7.94. The second-order valence-corrected chi connectivity index (χ2v) is 7.94. The van der Waals surface area contributed by atoms with Crippen LogP contribution in [0.1, 0.15) is 42.5 Å². The third-order valence-corrected chi connectivity index (χ3v) is 5.50. The van der Waals surface area contributed by atoms with Crippen molar-refractivity contribution in [3.05, 3.63) is 70.8 Å². The molecule has 0 aromatic heterocycles. The summed E-state index contributed by atoms with van der Waals surface area (Å²) < 4.78 is 0. The lowest BCUT2D eigenvalue weighted by Crippen LogP contribution is -2.44. The number of nitrogens with one attached hydrogen (secondary N) is 1. The van der Waals surface area contributed by atoms with E-state index in [4.69, 9.17) is 5.26 Å². The Hall–Kier alpha value is -3.66. The monoisotopic (exact) mass is 418 g/mol. The van der Waals surface area contributed by atoms with Crippen LogP contribution >= 0.6 is 0 Å². The molecule has 1 heterocycles. The van der Waals surface area contributed by atoms with Gasteiger partial charge in [-0.25, -0.2) is 4.79 Å². The first-order valence-electron chi connectivity index (χ1n) is 10.3. The second kappa shape index (κ2) is 9.00. The molecule has 1 unspecified atom stereocenters. The van der Waals surface area contributed by atoms with Crippen molar-refractivity contribution in [3.63, 3.8) is 0 Å². The number of nitriles is 1. The molecule has 2 aromatic rings. The molecule has 0 aliphatic carbocycles. The minimum absolute atomic E-state index is 0.303. The molecule has 7 heteroatoms. The quantitative estimate of drug-likeness (QED) is 0.699. The summed E-state index contributed by atoms with van der Waals surface area (Å²) in [4.78, 5) is 41.3. The summed E-state index contributed by atoms with van der Waals surface area (Å²) >= 11 is 0. The smallest absolute Gasteiger partial charge is 0.325 e. The highest BCUT2D eigenvalue weighted by atomic mass is 16.2. The van der Waals surface area contributed by atoms with E-state index in [2.05, 4.69) is 11.4 Å². The van der Waals surface area contributed by atoms with E-state index in [0.29, 0.717) is 24.2 Å². The molecule has 1 saturated heterocycles. The number of nitrogens with zero attached hydrogens (tertiary/aromatic N) is 3. The summed E-state index contributed by atoms with van der Waals surface area (Å²) in [5, 5.41) is 11.7. The van der Waals surface area contributed by atoms with Gasteiger partial charge in [0.15, 0.2) is 0 Å². The van der Waals surface area contributed by atoms with Crippen LogP contribution in [-0.4, -0.2) is 40.7 Å². The van der Waals surface area contributed by atoms with Crippen LogP contribution in [0, 0.1) is 18.3 Å². The fraction of sp³-hybridized carbons (Fsp3) is 0.333. The number of benzene rings is 2. The number of urea groups is 1. The lowest BCUT2D eigenvalue weighted by atomic mass is 9.91. The number of carbonyl (C=O) groups excluding carboxylic acids is 3. The Morgan fingerprint density at radius 3 is 2.35 bits per heavy atom. The van der Waals surface area contributed by atoms with Crippen molar-refractivity contribution < 1.29 is 14.4 Å². The third-order valence-electron chi connectivity index (χ3n) is 5.50. The van der Waals surface area contributed by atoms with E-state index in [1.54, 1.807) is 36.1 Å². The van der Waals surface area contributed by atoms with Crippen molar-refractivity contribution in [2.75, 3.05) is 13.1 Å². The van der Waals surface area contributed by atoms with Crippen LogP contribution < -0.4 is 5.32 Å². The largest absolute Gasteiger partial charge is 0.337 e. The Balaban J connectivity index is 1.75. The molecule has 2 aromatic carbocycles. The number of carbonyl (C=O) groups is 3. The molecule has 1 N–H and O–H groups in total. The maximum absolute atomic E-state index is 13.1. The predicted molar refractivity (Wildman–Crippen MR) is 116 cm³/mol. The number of amides is 4. The molecule has 1 aliphatic rings. The van der Waals surface area contributed by atoms with Gasteiger partial charge in [0.25, 0.3) is 5.91 Å². The van der Waals surface area contributed by atoms with E-state index in [9.17, 15) is 14.4 Å².